The lowest BCUT2D eigenvalue weighted by Gasteiger charge is -2.28. The number of aliphatic hydroxyl groups is 1. The molecule has 11 N–H and O–H groups in total. The summed E-state index contributed by atoms with van der Waals surface area (Å²) in [6.07, 6.45) is -1.99. The number of amides is 5. The molecule has 0 aliphatic heterocycles. The Morgan fingerprint density at radius 2 is 1.39 bits per heavy atom. The van der Waals surface area contributed by atoms with E-state index in [0.717, 1.165) is 0 Å². The van der Waals surface area contributed by atoms with Gasteiger partial charge in [-0.1, -0.05) is 20.3 Å². The van der Waals surface area contributed by atoms with Crippen molar-refractivity contribution >= 4 is 35.5 Å². The SMILES string of the molecule is CCC(C)C(NC(=O)C(CCC(N)=O)NC(=O)C(N)CC(N)=O)C(=O)NC(C(=O)O)C(C)O. The van der Waals surface area contributed by atoms with Crippen molar-refractivity contribution in [3.05, 3.63) is 0 Å². The number of carboxylic acids is 1. The summed E-state index contributed by atoms with van der Waals surface area (Å²) >= 11 is 0. The van der Waals surface area contributed by atoms with Gasteiger partial charge in [0, 0.05) is 6.42 Å². The predicted octanol–water partition coefficient (Wildman–Crippen LogP) is -3.58. The van der Waals surface area contributed by atoms with Crippen LogP contribution in [-0.4, -0.2) is 76.0 Å². The topological polar surface area (TPSA) is 257 Å². The van der Waals surface area contributed by atoms with E-state index in [-0.39, 0.29) is 12.8 Å². The van der Waals surface area contributed by atoms with Gasteiger partial charge in [0.1, 0.15) is 12.1 Å². The van der Waals surface area contributed by atoms with Crippen molar-refractivity contribution < 1.29 is 39.0 Å². The highest BCUT2D eigenvalue weighted by molar-refractivity contribution is 5.95. The second-order valence-electron chi connectivity index (χ2n) is 7.78. The van der Waals surface area contributed by atoms with Crippen molar-refractivity contribution in [2.24, 2.45) is 23.1 Å². The van der Waals surface area contributed by atoms with Gasteiger partial charge in [-0.25, -0.2) is 4.79 Å². The highest BCUT2D eigenvalue weighted by atomic mass is 16.4. The molecule has 0 aromatic heterocycles. The Hall–Kier alpha value is -3.26. The van der Waals surface area contributed by atoms with E-state index in [2.05, 4.69) is 16.0 Å². The highest BCUT2D eigenvalue weighted by Gasteiger charge is 2.34. The molecule has 14 nitrogen and oxygen atoms in total. The molecule has 0 saturated heterocycles. The van der Waals surface area contributed by atoms with E-state index in [0.29, 0.717) is 6.42 Å². The second-order valence-corrected chi connectivity index (χ2v) is 7.78. The van der Waals surface area contributed by atoms with Crippen LogP contribution in [0.5, 0.6) is 0 Å². The summed E-state index contributed by atoms with van der Waals surface area (Å²) in [7, 11) is 0. The van der Waals surface area contributed by atoms with Crippen molar-refractivity contribution in [2.45, 2.75) is 76.7 Å². The Bertz CT molecular complexity index is 744. The number of aliphatic hydroxyl groups excluding tert-OH is 1. The fourth-order valence-corrected chi connectivity index (χ4v) is 2.73. The molecule has 6 unspecified atom stereocenters. The molecule has 0 spiro atoms. The van der Waals surface area contributed by atoms with Gasteiger partial charge in [-0.15, -0.1) is 0 Å². The normalized spacial score (nSPS) is 16.3. The van der Waals surface area contributed by atoms with Crippen LogP contribution in [0.25, 0.3) is 0 Å². The lowest BCUT2D eigenvalue weighted by Crippen LogP contribution is -2.60. The van der Waals surface area contributed by atoms with Crippen molar-refractivity contribution in [3.63, 3.8) is 0 Å². The molecule has 0 aliphatic rings. The monoisotopic (exact) mass is 474 g/mol. The molecule has 0 radical (unpaired) electrons. The molecule has 0 aromatic rings. The number of carbonyl (C=O) groups is 6. The molecule has 188 valence electrons. The van der Waals surface area contributed by atoms with Gasteiger partial charge in [0.2, 0.25) is 29.5 Å². The Morgan fingerprint density at radius 1 is 0.848 bits per heavy atom. The zero-order valence-corrected chi connectivity index (χ0v) is 18.9. The molecule has 6 atom stereocenters. The first-order valence-corrected chi connectivity index (χ1v) is 10.3. The molecule has 0 aliphatic carbocycles. The summed E-state index contributed by atoms with van der Waals surface area (Å²) in [5, 5.41) is 25.7. The molecule has 0 rings (SSSR count). The van der Waals surface area contributed by atoms with Gasteiger partial charge in [0.15, 0.2) is 6.04 Å². The third-order valence-electron chi connectivity index (χ3n) is 4.91. The molecule has 0 fully saturated rings. The zero-order chi connectivity index (χ0) is 25.9. The van der Waals surface area contributed by atoms with Crippen LogP contribution in [0.15, 0.2) is 0 Å². The Balaban J connectivity index is 5.63. The van der Waals surface area contributed by atoms with Gasteiger partial charge in [-0.05, 0) is 19.3 Å². The molecule has 33 heavy (non-hydrogen) atoms. The molecule has 5 amide bonds. The Labute approximate surface area is 191 Å². The predicted molar refractivity (Wildman–Crippen MR) is 115 cm³/mol. The van der Waals surface area contributed by atoms with E-state index in [9.17, 15) is 39.0 Å². The molecule has 0 heterocycles. The number of aliphatic carboxylic acids is 1. The number of primary amides is 2. The highest BCUT2D eigenvalue weighted by Crippen LogP contribution is 2.10. The quantitative estimate of drug-likeness (QED) is 0.116. The smallest absolute Gasteiger partial charge is 0.328 e. The van der Waals surface area contributed by atoms with Gasteiger partial charge in [-0.2, -0.15) is 0 Å². The number of hydrogen-bond donors (Lipinski definition) is 8. The summed E-state index contributed by atoms with van der Waals surface area (Å²) in [4.78, 5) is 71.2. The van der Waals surface area contributed by atoms with Crippen LogP contribution >= 0.6 is 0 Å². The minimum atomic E-state index is -1.61. The van der Waals surface area contributed by atoms with E-state index in [4.69, 9.17) is 17.2 Å². The second kappa shape index (κ2) is 14.0. The number of carbonyl (C=O) groups excluding carboxylic acids is 5. The van der Waals surface area contributed by atoms with E-state index in [1.165, 1.54) is 6.92 Å². The van der Waals surface area contributed by atoms with Crippen molar-refractivity contribution in [1.82, 2.24) is 16.0 Å². The van der Waals surface area contributed by atoms with Crippen LogP contribution in [0.4, 0.5) is 0 Å². The first-order valence-electron chi connectivity index (χ1n) is 10.3. The van der Waals surface area contributed by atoms with Gasteiger partial charge in [0.05, 0.1) is 18.6 Å². The fourth-order valence-electron chi connectivity index (χ4n) is 2.73. The van der Waals surface area contributed by atoms with Crippen molar-refractivity contribution in [2.75, 3.05) is 0 Å². The maximum absolute atomic E-state index is 12.9. The van der Waals surface area contributed by atoms with Crippen LogP contribution in [0.2, 0.25) is 0 Å². The standard InChI is InChI=1S/C19H34N6O8/c1-4-8(2)14(18(31)25-15(9(3)26)19(32)33)24-17(30)11(5-6-12(21)27)23-16(29)10(20)7-13(22)28/h8-11,14-15,26H,4-7,20H2,1-3H3,(H2,21,27)(H2,22,28)(H,23,29)(H,24,30)(H,25,31)(H,32,33). The van der Waals surface area contributed by atoms with Crippen molar-refractivity contribution in [1.29, 1.82) is 0 Å². The van der Waals surface area contributed by atoms with Gasteiger partial charge < -0.3 is 43.4 Å². The van der Waals surface area contributed by atoms with Crippen molar-refractivity contribution in [3.8, 4) is 0 Å². The number of carboxylic acid groups (broad SMARTS) is 1. The average molecular weight is 475 g/mol. The van der Waals surface area contributed by atoms with Gasteiger partial charge in [0.25, 0.3) is 0 Å². The molecule has 0 saturated carbocycles. The van der Waals surface area contributed by atoms with E-state index in [1.807, 2.05) is 0 Å². The first kappa shape index (κ1) is 29.7. The summed E-state index contributed by atoms with van der Waals surface area (Å²) in [5.41, 5.74) is 15.7. The summed E-state index contributed by atoms with van der Waals surface area (Å²) < 4.78 is 0. The molecular weight excluding hydrogens is 440 g/mol. The number of hydrogen-bond acceptors (Lipinski definition) is 8. The average Bonchev–Trinajstić information content (AvgIpc) is 2.70. The van der Waals surface area contributed by atoms with Gasteiger partial charge in [-0.3, -0.25) is 24.0 Å². The maximum Gasteiger partial charge on any atom is 0.328 e. The first-order chi connectivity index (χ1) is 15.2. The van der Waals surface area contributed by atoms with Crippen LogP contribution in [0.1, 0.15) is 46.5 Å². The minimum absolute atomic E-state index is 0.226. The van der Waals surface area contributed by atoms with Crippen LogP contribution in [-0.2, 0) is 28.8 Å². The Kier molecular flexibility index (Phi) is 12.6. The third-order valence-corrected chi connectivity index (χ3v) is 4.91. The molecule has 0 bridgehead atoms. The third kappa shape index (κ3) is 10.7. The molecular formula is C19H34N6O8. The Morgan fingerprint density at radius 3 is 1.82 bits per heavy atom. The van der Waals surface area contributed by atoms with E-state index >= 15 is 0 Å². The number of nitrogens with two attached hydrogens (primary N) is 3. The number of nitrogens with one attached hydrogen (secondary N) is 3. The van der Waals surface area contributed by atoms with Crippen LogP contribution in [0, 0.1) is 5.92 Å². The summed E-state index contributed by atoms with van der Waals surface area (Å²) in [5.74, 6) is -6.14. The molecule has 0 aromatic carbocycles. The lowest BCUT2D eigenvalue weighted by atomic mass is 9.96. The molecule has 14 heteroatoms. The minimum Gasteiger partial charge on any atom is -0.480 e. The largest absolute Gasteiger partial charge is 0.480 e. The summed E-state index contributed by atoms with van der Waals surface area (Å²) in [6, 6.07) is -5.52. The van der Waals surface area contributed by atoms with E-state index < -0.39 is 78.1 Å². The van der Waals surface area contributed by atoms with E-state index in [1.54, 1.807) is 13.8 Å². The summed E-state index contributed by atoms with van der Waals surface area (Å²) in [6.45, 7) is 4.54. The lowest BCUT2D eigenvalue weighted by molar-refractivity contribution is -0.145. The maximum atomic E-state index is 12.9. The van der Waals surface area contributed by atoms with Crippen LogP contribution < -0.4 is 33.2 Å². The van der Waals surface area contributed by atoms with Gasteiger partial charge >= 0.3 is 5.97 Å². The van der Waals surface area contributed by atoms with Crippen LogP contribution in [0.3, 0.4) is 0 Å². The number of rotatable bonds is 15. The fraction of sp³-hybridized carbons (Fsp3) is 0.684. The zero-order valence-electron chi connectivity index (χ0n) is 18.9.